The van der Waals surface area contributed by atoms with E-state index < -0.39 is 108 Å². The molecule has 1 aromatic carbocycles. The Kier molecular flexibility index (Phi) is 28.4. The van der Waals surface area contributed by atoms with Crippen LogP contribution in [0.15, 0.2) is 52.8 Å². The molecule has 75 heavy (non-hydrogen) atoms. The van der Waals surface area contributed by atoms with E-state index >= 15 is 0 Å². The van der Waals surface area contributed by atoms with E-state index in [-0.39, 0.29) is 88.0 Å². The van der Waals surface area contributed by atoms with Gasteiger partial charge in [0.05, 0.1) is 12.4 Å². The maximum atomic E-state index is 14.4. The van der Waals surface area contributed by atoms with Gasteiger partial charge in [0.25, 0.3) is 0 Å². The molecule has 27 heteroatoms. The van der Waals surface area contributed by atoms with Crippen LogP contribution in [0.2, 0.25) is 0 Å². The number of aliphatic carboxylic acids is 1. The van der Waals surface area contributed by atoms with Gasteiger partial charge in [-0.2, -0.15) is 0 Å². The van der Waals surface area contributed by atoms with Crippen molar-refractivity contribution < 1.29 is 48.6 Å². The van der Waals surface area contributed by atoms with E-state index in [1.54, 1.807) is 45.9 Å². The summed E-state index contributed by atoms with van der Waals surface area (Å²) in [6.45, 7) is 8.79. The van der Waals surface area contributed by atoms with Crippen LogP contribution < -0.4 is 71.6 Å². The minimum Gasteiger partial charge on any atom is -0.480 e. The number of carboxylic acids is 1. The van der Waals surface area contributed by atoms with Crippen LogP contribution in [0, 0.1) is 11.8 Å². The molecule has 0 saturated carbocycles. The highest BCUT2D eigenvalue weighted by molar-refractivity contribution is 5.97. The third kappa shape index (κ3) is 23.6. The van der Waals surface area contributed by atoms with Crippen LogP contribution in [-0.2, 0) is 44.8 Å². The average Bonchev–Trinajstić information content (AvgIpc) is 3.88. The van der Waals surface area contributed by atoms with Gasteiger partial charge in [0, 0.05) is 31.4 Å². The van der Waals surface area contributed by atoms with Crippen molar-refractivity contribution in [1.82, 2.24) is 47.2 Å². The van der Waals surface area contributed by atoms with Crippen LogP contribution in [0.1, 0.15) is 110 Å². The molecule has 0 aliphatic rings. The number of aliphatic hydroxyl groups is 1. The van der Waals surface area contributed by atoms with Crippen LogP contribution in [0.5, 0.6) is 0 Å². The quantitative estimate of drug-likeness (QED) is 0.0184. The van der Waals surface area contributed by atoms with Crippen molar-refractivity contribution in [2.45, 2.75) is 153 Å². The van der Waals surface area contributed by atoms with Crippen molar-refractivity contribution in [1.29, 1.82) is 0 Å². The van der Waals surface area contributed by atoms with Crippen LogP contribution in [-0.4, -0.2) is 147 Å². The highest BCUT2D eigenvalue weighted by Gasteiger charge is 2.37. The van der Waals surface area contributed by atoms with Gasteiger partial charge in [0.1, 0.15) is 42.4 Å². The lowest BCUT2D eigenvalue weighted by atomic mass is 9.95. The predicted octanol–water partition coefficient (Wildman–Crippen LogP) is -3.16. The number of nitrogens with one attached hydrogen (secondary N) is 8. The lowest BCUT2D eigenvalue weighted by Crippen LogP contribution is -2.61. The number of hydrogen-bond donors (Lipinski definition) is 16. The zero-order chi connectivity index (χ0) is 56.2. The van der Waals surface area contributed by atoms with Gasteiger partial charge in [-0.3, -0.25) is 43.5 Å². The summed E-state index contributed by atoms with van der Waals surface area (Å²) in [7, 11) is 0. The SMILES string of the molecule is CC[C@H](C)[C@H](NC(=O)[C@H](CC(C)C)NC(=O)[C@H](CCCN=C(N)N)NC(=O)[C@H](CCCN=C(N)N)NC(=O)[C@H](CCCCN)NC(=O)[C@H](C)NC(=O)[C@@H](N)Cc1cnc[nH]1)C(=O)N[C@H](C(=O)O)[C@@H](O)c1ccccc1. The molecular formula is C48H81N17O10. The fourth-order valence-electron chi connectivity index (χ4n) is 7.55. The van der Waals surface area contributed by atoms with Crippen molar-refractivity contribution in [2.24, 2.45) is 56.2 Å². The number of rotatable bonds is 35. The standard InChI is InChI=1S/C48H81N17O10/c1-6-27(4)36(45(73)65-37(46(74)75)38(66)29-14-8-7-9-15-29)64-44(72)35(22-26(2)3)63-43(71)34(18-13-21-57-48(53)54)62-42(70)33(17-12-20-56-47(51)52)61-41(69)32(16-10-11-19-49)60-39(67)28(5)59-40(68)31(50)23-30-24-55-25-58-30/h7-9,14-15,24-28,31-38,66H,6,10-13,16-23,49-50H2,1-5H3,(H,55,58)(H,59,68)(H,60,67)(H,61,69)(H,62,70)(H,63,71)(H,64,72)(H,65,73)(H,74,75)(H4,51,52,56)(H4,53,54,57)/t27-,28-,31-,32-,33-,34-,35-,36-,37-,38-/m0/s1. The number of imidazole rings is 1. The first-order chi connectivity index (χ1) is 35.5. The first-order valence-corrected chi connectivity index (χ1v) is 25.1. The largest absolute Gasteiger partial charge is 0.480 e. The second kappa shape index (κ2) is 33.4. The fraction of sp³-hybridized carbons (Fsp3) is 0.604. The first kappa shape index (κ1) is 63.7. The van der Waals surface area contributed by atoms with Crippen LogP contribution in [0.4, 0.5) is 0 Å². The molecule has 0 unspecified atom stereocenters. The highest BCUT2D eigenvalue weighted by atomic mass is 16.4. The molecule has 0 aliphatic heterocycles. The number of guanidine groups is 2. The summed E-state index contributed by atoms with van der Waals surface area (Å²) in [6.07, 6.45) is 2.94. The monoisotopic (exact) mass is 1060 g/mol. The topological polar surface area (TPSA) is 471 Å². The predicted molar refractivity (Wildman–Crippen MR) is 280 cm³/mol. The molecule has 0 fully saturated rings. The third-order valence-corrected chi connectivity index (χ3v) is 12.0. The number of benzene rings is 1. The number of unbranched alkanes of at least 4 members (excludes halogenated alkanes) is 1. The Balaban J connectivity index is 2.44. The van der Waals surface area contributed by atoms with Crippen LogP contribution in [0.25, 0.3) is 0 Å². The zero-order valence-corrected chi connectivity index (χ0v) is 43.6. The Hall–Kier alpha value is -7.39. The minimum atomic E-state index is -1.79. The molecule has 2 rings (SSSR count). The second-order valence-electron chi connectivity index (χ2n) is 18.7. The fourth-order valence-corrected chi connectivity index (χ4v) is 7.55. The van der Waals surface area contributed by atoms with Crippen molar-refractivity contribution in [3.05, 3.63) is 54.1 Å². The van der Waals surface area contributed by atoms with E-state index in [1.165, 1.54) is 31.6 Å². The molecule has 418 valence electrons. The van der Waals surface area contributed by atoms with Gasteiger partial charge in [-0.05, 0) is 82.2 Å². The van der Waals surface area contributed by atoms with Crippen molar-refractivity contribution in [2.75, 3.05) is 19.6 Å². The summed E-state index contributed by atoms with van der Waals surface area (Å²) in [5.74, 6) is -8.21. The molecule has 0 saturated heterocycles. The highest BCUT2D eigenvalue weighted by Crippen LogP contribution is 2.19. The molecule has 1 aromatic heterocycles. The average molecular weight is 1060 g/mol. The Morgan fingerprint density at radius 3 is 1.60 bits per heavy atom. The summed E-state index contributed by atoms with van der Waals surface area (Å²) in [5.41, 5.74) is 34.8. The minimum absolute atomic E-state index is 0.0395. The number of amides is 7. The summed E-state index contributed by atoms with van der Waals surface area (Å²) in [6, 6.07) is -2.66. The van der Waals surface area contributed by atoms with Crippen molar-refractivity contribution >= 4 is 59.2 Å². The van der Waals surface area contributed by atoms with Gasteiger partial charge >= 0.3 is 5.97 Å². The van der Waals surface area contributed by atoms with Crippen LogP contribution >= 0.6 is 0 Å². The maximum Gasteiger partial charge on any atom is 0.329 e. The number of aliphatic hydroxyl groups excluding tert-OH is 1. The van der Waals surface area contributed by atoms with E-state index in [0.29, 0.717) is 25.0 Å². The van der Waals surface area contributed by atoms with Crippen molar-refractivity contribution in [3.8, 4) is 0 Å². The van der Waals surface area contributed by atoms with E-state index in [0.717, 1.165) is 0 Å². The zero-order valence-electron chi connectivity index (χ0n) is 43.6. The number of carboxylic acid groups (broad SMARTS) is 1. The maximum absolute atomic E-state index is 14.4. The molecule has 0 bridgehead atoms. The Bertz CT molecular complexity index is 2190. The molecule has 27 nitrogen and oxygen atoms in total. The van der Waals surface area contributed by atoms with Gasteiger partial charge in [0.15, 0.2) is 18.0 Å². The number of nitrogens with two attached hydrogens (primary N) is 6. The Morgan fingerprint density at radius 2 is 1.13 bits per heavy atom. The number of aliphatic imine (C=N–C) groups is 2. The van der Waals surface area contributed by atoms with Gasteiger partial charge in [-0.15, -0.1) is 0 Å². The third-order valence-electron chi connectivity index (χ3n) is 12.0. The van der Waals surface area contributed by atoms with Crippen LogP contribution in [0.3, 0.4) is 0 Å². The molecule has 1 heterocycles. The number of hydrogen-bond acceptors (Lipinski definition) is 14. The molecule has 0 aliphatic carbocycles. The van der Waals surface area contributed by atoms with E-state index in [1.807, 2.05) is 0 Å². The summed E-state index contributed by atoms with van der Waals surface area (Å²) < 4.78 is 0. The Morgan fingerprint density at radius 1 is 0.640 bits per heavy atom. The molecule has 7 amide bonds. The number of H-pyrrole nitrogens is 1. The second-order valence-corrected chi connectivity index (χ2v) is 18.7. The van der Waals surface area contributed by atoms with Gasteiger partial charge in [-0.25, -0.2) is 9.78 Å². The lowest BCUT2D eigenvalue weighted by Gasteiger charge is -2.30. The summed E-state index contributed by atoms with van der Waals surface area (Å²) in [5, 5.41) is 39.3. The first-order valence-electron chi connectivity index (χ1n) is 25.1. The van der Waals surface area contributed by atoms with E-state index in [4.69, 9.17) is 34.4 Å². The van der Waals surface area contributed by atoms with E-state index in [2.05, 4.69) is 57.2 Å². The molecule has 22 N–H and O–H groups in total. The molecule has 0 radical (unpaired) electrons. The number of aromatic amines is 1. The lowest BCUT2D eigenvalue weighted by molar-refractivity contribution is -0.146. The number of carbonyl (C=O) groups excluding carboxylic acids is 7. The van der Waals surface area contributed by atoms with Gasteiger partial charge in [-0.1, -0.05) is 64.4 Å². The summed E-state index contributed by atoms with van der Waals surface area (Å²) >= 11 is 0. The normalized spacial score (nSPS) is 15.1. The van der Waals surface area contributed by atoms with E-state index in [9.17, 15) is 48.6 Å². The molecular weight excluding hydrogens is 975 g/mol. The Labute approximate surface area is 437 Å². The molecule has 10 atom stereocenters. The van der Waals surface area contributed by atoms with Gasteiger partial charge < -0.3 is 86.8 Å². The molecule has 2 aromatic rings. The number of nitrogens with zero attached hydrogens (tertiary/aromatic N) is 3. The van der Waals surface area contributed by atoms with Crippen molar-refractivity contribution in [3.63, 3.8) is 0 Å². The summed E-state index contributed by atoms with van der Waals surface area (Å²) in [4.78, 5) is 124. The molecule has 0 spiro atoms. The van der Waals surface area contributed by atoms with Gasteiger partial charge in [0.2, 0.25) is 41.4 Å². The number of aromatic nitrogens is 2. The number of carbonyl (C=O) groups is 8. The smallest absolute Gasteiger partial charge is 0.329 e.